The monoisotopic (exact) mass is 137 g/mol. The lowest BCUT2D eigenvalue weighted by Gasteiger charge is -2.22. The van der Waals surface area contributed by atoms with Crippen LogP contribution in [0.1, 0.15) is 34.1 Å². The summed E-state index contributed by atoms with van der Waals surface area (Å²) in [5.74, 6) is 0. The van der Waals surface area contributed by atoms with Gasteiger partial charge in [-0.3, -0.25) is 0 Å². The number of allylic oxidation sites excluding steroid dienone is 3. The van der Waals surface area contributed by atoms with Crippen molar-refractivity contribution < 1.29 is 0 Å². The Balaban J connectivity index is 3.99. The van der Waals surface area contributed by atoms with Crippen LogP contribution in [0.2, 0.25) is 0 Å². The van der Waals surface area contributed by atoms with E-state index in [1.54, 1.807) is 0 Å². The van der Waals surface area contributed by atoms with E-state index in [-0.39, 0.29) is 5.41 Å². The average Bonchev–Trinajstić information content (AvgIpc) is 1.84. The molecule has 0 heterocycles. The summed E-state index contributed by atoms with van der Waals surface area (Å²) < 4.78 is 0. The fourth-order valence-corrected chi connectivity index (χ4v) is 0.573. The molecule has 0 saturated heterocycles. The third-order valence-corrected chi connectivity index (χ3v) is 1.93. The van der Waals surface area contributed by atoms with Crippen molar-refractivity contribution >= 4 is 0 Å². The van der Waals surface area contributed by atoms with Gasteiger partial charge in [-0.1, -0.05) is 38.2 Å². The second-order valence-electron chi connectivity index (χ2n) is 3.34. The van der Waals surface area contributed by atoms with E-state index in [0.29, 0.717) is 0 Å². The summed E-state index contributed by atoms with van der Waals surface area (Å²) in [4.78, 5) is 0. The molecule has 10 heavy (non-hydrogen) atoms. The van der Waals surface area contributed by atoms with Gasteiger partial charge in [-0.25, -0.2) is 0 Å². The highest BCUT2D eigenvalue weighted by Crippen LogP contribution is 2.28. The Morgan fingerprint density at radius 2 is 2.00 bits per heavy atom. The lowest BCUT2D eigenvalue weighted by Crippen LogP contribution is -2.10. The highest BCUT2D eigenvalue weighted by Gasteiger charge is 2.15. The van der Waals surface area contributed by atoms with Crippen molar-refractivity contribution in [3.63, 3.8) is 0 Å². The maximum atomic E-state index is 5.69. The Kier molecular flexibility index (Phi) is 3.41. The minimum absolute atomic E-state index is 0.159. The molecule has 1 radical (unpaired) electrons. The summed E-state index contributed by atoms with van der Waals surface area (Å²) in [5, 5.41) is 0. The Hall–Kier alpha value is -0.520. The molecular formula is C10H17. The SMILES string of the molecule is [CH]=C(C)C(C)(C)CC=CC. The van der Waals surface area contributed by atoms with Crippen LogP contribution in [0.5, 0.6) is 0 Å². The van der Waals surface area contributed by atoms with Gasteiger partial charge in [-0.15, -0.1) is 0 Å². The molecule has 0 nitrogen and oxygen atoms in total. The van der Waals surface area contributed by atoms with Gasteiger partial charge in [-0.05, 0) is 25.7 Å². The van der Waals surface area contributed by atoms with E-state index in [2.05, 4.69) is 26.0 Å². The third-order valence-electron chi connectivity index (χ3n) is 1.93. The van der Waals surface area contributed by atoms with Gasteiger partial charge in [0.2, 0.25) is 0 Å². The lowest BCUT2D eigenvalue weighted by atomic mass is 9.83. The third kappa shape index (κ3) is 2.86. The van der Waals surface area contributed by atoms with Gasteiger partial charge in [0, 0.05) is 0 Å². The molecule has 0 aromatic rings. The molecule has 0 saturated carbocycles. The summed E-state index contributed by atoms with van der Waals surface area (Å²) in [6.07, 6.45) is 5.24. The van der Waals surface area contributed by atoms with Crippen molar-refractivity contribution in [1.29, 1.82) is 0 Å². The fourth-order valence-electron chi connectivity index (χ4n) is 0.573. The Bertz CT molecular complexity index is 138. The minimum atomic E-state index is 0.159. The summed E-state index contributed by atoms with van der Waals surface area (Å²) >= 11 is 0. The smallest absolute Gasteiger partial charge is 0.0110 e. The molecule has 57 valence electrons. The van der Waals surface area contributed by atoms with Crippen LogP contribution in [0.15, 0.2) is 17.7 Å². The van der Waals surface area contributed by atoms with E-state index < -0.39 is 0 Å². The number of rotatable bonds is 3. The molecule has 0 bridgehead atoms. The van der Waals surface area contributed by atoms with E-state index in [4.69, 9.17) is 6.58 Å². The normalized spacial score (nSPS) is 12.4. The Labute approximate surface area is 64.6 Å². The second kappa shape index (κ2) is 3.60. The molecule has 0 amide bonds. The summed E-state index contributed by atoms with van der Waals surface area (Å²) in [5.41, 5.74) is 1.16. The summed E-state index contributed by atoms with van der Waals surface area (Å²) in [6.45, 7) is 14.0. The molecule has 0 spiro atoms. The second-order valence-corrected chi connectivity index (χ2v) is 3.34. The molecule has 0 rings (SSSR count). The van der Waals surface area contributed by atoms with Crippen molar-refractivity contribution in [2.45, 2.75) is 34.1 Å². The van der Waals surface area contributed by atoms with Crippen LogP contribution in [0.3, 0.4) is 0 Å². The average molecular weight is 137 g/mol. The first-order valence-electron chi connectivity index (χ1n) is 3.71. The minimum Gasteiger partial charge on any atom is -0.0916 e. The van der Waals surface area contributed by atoms with E-state index in [9.17, 15) is 0 Å². The van der Waals surface area contributed by atoms with Gasteiger partial charge in [-0.2, -0.15) is 0 Å². The van der Waals surface area contributed by atoms with Crippen molar-refractivity contribution in [3.8, 4) is 0 Å². The Morgan fingerprint density at radius 1 is 1.50 bits per heavy atom. The molecule has 0 aliphatic rings. The quantitative estimate of drug-likeness (QED) is 0.523. The molecule has 0 aliphatic heterocycles. The van der Waals surface area contributed by atoms with Crippen LogP contribution in [0, 0.1) is 12.0 Å². The predicted molar refractivity (Wildman–Crippen MR) is 46.7 cm³/mol. The van der Waals surface area contributed by atoms with Gasteiger partial charge in [0.15, 0.2) is 0 Å². The first-order chi connectivity index (χ1) is 4.50. The maximum Gasteiger partial charge on any atom is -0.0110 e. The van der Waals surface area contributed by atoms with E-state index in [1.165, 1.54) is 0 Å². The highest BCUT2D eigenvalue weighted by molar-refractivity contribution is 5.04. The standard InChI is InChI=1S/C10H17/c1-6-7-8-10(4,5)9(2)3/h2,6-7H,8H2,1,3-5H3. The first-order valence-corrected chi connectivity index (χ1v) is 3.71. The molecule has 0 aliphatic carbocycles. The van der Waals surface area contributed by atoms with Gasteiger partial charge in [0.05, 0.1) is 0 Å². The van der Waals surface area contributed by atoms with Crippen LogP contribution < -0.4 is 0 Å². The summed E-state index contributed by atoms with van der Waals surface area (Å²) in [6, 6.07) is 0. The van der Waals surface area contributed by atoms with Crippen LogP contribution in [-0.4, -0.2) is 0 Å². The molecule has 0 N–H and O–H groups in total. The maximum absolute atomic E-state index is 5.69. The summed E-state index contributed by atoms with van der Waals surface area (Å²) in [7, 11) is 0. The first kappa shape index (κ1) is 9.48. The van der Waals surface area contributed by atoms with Crippen LogP contribution in [0.25, 0.3) is 0 Å². The molecule has 0 fully saturated rings. The topological polar surface area (TPSA) is 0 Å². The number of hydrogen-bond acceptors (Lipinski definition) is 0. The molecule has 0 aromatic heterocycles. The van der Waals surface area contributed by atoms with Gasteiger partial charge in [0.1, 0.15) is 0 Å². The van der Waals surface area contributed by atoms with Crippen molar-refractivity contribution in [3.05, 3.63) is 24.3 Å². The zero-order chi connectivity index (χ0) is 8.20. The van der Waals surface area contributed by atoms with Gasteiger partial charge >= 0.3 is 0 Å². The molecule has 0 atom stereocenters. The van der Waals surface area contributed by atoms with Crippen LogP contribution >= 0.6 is 0 Å². The van der Waals surface area contributed by atoms with Crippen molar-refractivity contribution in [2.75, 3.05) is 0 Å². The number of hydrogen-bond donors (Lipinski definition) is 0. The zero-order valence-corrected chi connectivity index (χ0v) is 7.44. The highest BCUT2D eigenvalue weighted by atomic mass is 14.2. The van der Waals surface area contributed by atoms with Crippen LogP contribution in [0.4, 0.5) is 0 Å². The van der Waals surface area contributed by atoms with E-state index in [1.807, 2.05) is 13.8 Å². The zero-order valence-electron chi connectivity index (χ0n) is 7.44. The van der Waals surface area contributed by atoms with E-state index in [0.717, 1.165) is 12.0 Å². The van der Waals surface area contributed by atoms with Crippen molar-refractivity contribution in [2.24, 2.45) is 5.41 Å². The van der Waals surface area contributed by atoms with Crippen LogP contribution in [-0.2, 0) is 0 Å². The van der Waals surface area contributed by atoms with Gasteiger partial charge in [0.25, 0.3) is 0 Å². The van der Waals surface area contributed by atoms with Gasteiger partial charge < -0.3 is 0 Å². The Morgan fingerprint density at radius 3 is 2.30 bits per heavy atom. The molecular weight excluding hydrogens is 120 g/mol. The molecule has 0 unspecified atom stereocenters. The molecule has 0 aromatic carbocycles. The fraction of sp³-hybridized carbons (Fsp3) is 0.600. The predicted octanol–water partition coefficient (Wildman–Crippen LogP) is 3.36. The van der Waals surface area contributed by atoms with E-state index >= 15 is 0 Å². The molecule has 0 heteroatoms. The largest absolute Gasteiger partial charge is 0.0916 e. The lowest BCUT2D eigenvalue weighted by molar-refractivity contribution is 0.454. The van der Waals surface area contributed by atoms with Crippen molar-refractivity contribution in [1.82, 2.24) is 0 Å².